The maximum atomic E-state index is 12.1. The molecule has 0 unspecified atom stereocenters. The van der Waals surface area contributed by atoms with Crippen LogP contribution in [0, 0.1) is 6.92 Å². The Morgan fingerprint density at radius 1 is 1.16 bits per heavy atom. The van der Waals surface area contributed by atoms with E-state index in [0.29, 0.717) is 22.8 Å². The largest absolute Gasteiger partial charge is 0.326 e. The Labute approximate surface area is 153 Å². The predicted octanol–water partition coefficient (Wildman–Crippen LogP) is 3.83. The Morgan fingerprint density at radius 2 is 1.88 bits per heavy atom. The number of nitrogens with one attached hydrogen (secondary N) is 1. The Balaban J connectivity index is 1.96. The molecule has 2 rings (SSSR count). The quantitative estimate of drug-likeness (QED) is 0.793. The van der Waals surface area contributed by atoms with Crippen LogP contribution >= 0.6 is 11.6 Å². The van der Waals surface area contributed by atoms with Crippen LogP contribution in [0.3, 0.4) is 0 Å². The van der Waals surface area contributed by atoms with Crippen molar-refractivity contribution in [3.05, 3.63) is 59.1 Å². The summed E-state index contributed by atoms with van der Waals surface area (Å²) < 4.78 is 25.4. The number of amides is 1. The van der Waals surface area contributed by atoms with Crippen LogP contribution < -0.4 is 9.62 Å². The molecule has 0 aromatic heterocycles. The number of hydrogen-bond donors (Lipinski definition) is 1. The zero-order chi connectivity index (χ0) is 18.4. The lowest BCUT2D eigenvalue weighted by atomic mass is 10.2. The highest BCUT2D eigenvalue weighted by atomic mass is 35.5. The molecule has 0 heterocycles. The number of halogens is 1. The topological polar surface area (TPSA) is 66.5 Å². The lowest BCUT2D eigenvalue weighted by Crippen LogP contribution is -2.31. The van der Waals surface area contributed by atoms with E-state index in [9.17, 15) is 13.2 Å². The molecule has 7 heteroatoms. The van der Waals surface area contributed by atoms with E-state index in [0.717, 1.165) is 5.56 Å². The SMILES string of the molecule is Cc1cccc(N(CCCC(=O)Nc2cccc(Cl)c2)S(C)(=O)=O)c1. The third-order valence-electron chi connectivity index (χ3n) is 3.56. The Kier molecular flexibility index (Phi) is 6.45. The number of sulfonamides is 1. The lowest BCUT2D eigenvalue weighted by molar-refractivity contribution is -0.116. The van der Waals surface area contributed by atoms with Gasteiger partial charge >= 0.3 is 0 Å². The molecule has 0 aliphatic heterocycles. The standard InChI is InChI=1S/C18H21ClN2O3S/c1-14-6-3-9-17(12-14)21(25(2,23)24)11-5-10-18(22)20-16-8-4-7-15(19)13-16/h3-4,6-9,12-13H,5,10-11H2,1-2H3,(H,20,22). The summed E-state index contributed by atoms with van der Waals surface area (Å²) in [6.45, 7) is 2.15. The first-order valence-electron chi connectivity index (χ1n) is 7.85. The van der Waals surface area contributed by atoms with Gasteiger partial charge in [-0.1, -0.05) is 29.8 Å². The molecule has 0 saturated carbocycles. The van der Waals surface area contributed by atoms with E-state index in [1.807, 2.05) is 25.1 Å². The smallest absolute Gasteiger partial charge is 0.232 e. The molecule has 2 aromatic rings. The van der Waals surface area contributed by atoms with Crippen LogP contribution in [0.15, 0.2) is 48.5 Å². The first kappa shape index (κ1) is 19.3. The zero-order valence-electron chi connectivity index (χ0n) is 14.2. The molecule has 0 fully saturated rings. The normalized spacial score (nSPS) is 11.2. The van der Waals surface area contributed by atoms with Crippen molar-refractivity contribution in [1.29, 1.82) is 0 Å². The number of nitrogens with zero attached hydrogens (tertiary/aromatic N) is 1. The Bertz CT molecular complexity index is 853. The van der Waals surface area contributed by atoms with E-state index in [2.05, 4.69) is 5.32 Å². The first-order chi connectivity index (χ1) is 11.8. The number of benzene rings is 2. The molecule has 134 valence electrons. The fourth-order valence-corrected chi connectivity index (χ4v) is 3.59. The van der Waals surface area contributed by atoms with Crippen molar-refractivity contribution in [3.8, 4) is 0 Å². The fourth-order valence-electron chi connectivity index (χ4n) is 2.44. The van der Waals surface area contributed by atoms with E-state index in [1.54, 1.807) is 30.3 Å². The van der Waals surface area contributed by atoms with Gasteiger partial charge < -0.3 is 5.32 Å². The van der Waals surface area contributed by atoms with Crippen molar-refractivity contribution in [2.24, 2.45) is 0 Å². The van der Waals surface area contributed by atoms with Crippen molar-refractivity contribution in [3.63, 3.8) is 0 Å². The van der Waals surface area contributed by atoms with Crippen LogP contribution in [0.4, 0.5) is 11.4 Å². The van der Waals surface area contributed by atoms with Gasteiger partial charge in [0.15, 0.2) is 0 Å². The maximum Gasteiger partial charge on any atom is 0.232 e. The van der Waals surface area contributed by atoms with E-state index >= 15 is 0 Å². The van der Waals surface area contributed by atoms with Gasteiger partial charge in [0.2, 0.25) is 15.9 Å². The maximum absolute atomic E-state index is 12.1. The van der Waals surface area contributed by atoms with Crippen molar-refractivity contribution in [2.45, 2.75) is 19.8 Å². The number of carbonyl (C=O) groups is 1. The second-order valence-electron chi connectivity index (χ2n) is 5.84. The molecular formula is C18H21ClN2O3S. The fraction of sp³-hybridized carbons (Fsp3) is 0.278. The molecule has 0 saturated heterocycles. The van der Waals surface area contributed by atoms with Crippen LogP contribution in [0.2, 0.25) is 5.02 Å². The number of aryl methyl sites for hydroxylation is 1. The molecule has 0 aliphatic rings. The first-order valence-corrected chi connectivity index (χ1v) is 10.1. The van der Waals surface area contributed by atoms with Crippen LogP contribution in [0.25, 0.3) is 0 Å². The number of hydrogen-bond acceptors (Lipinski definition) is 3. The van der Waals surface area contributed by atoms with Gasteiger partial charge in [0.05, 0.1) is 11.9 Å². The summed E-state index contributed by atoms with van der Waals surface area (Å²) in [5.41, 5.74) is 2.21. The van der Waals surface area contributed by atoms with Gasteiger partial charge in [-0.25, -0.2) is 8.42 Å². The van der Waals surface area contributed by atoms with Gasteiger partial charge in [0, 0.05) is 23.7 Å². The average Bonchev–Trinajstić information content (AvgIpc) is 2.50. The summed E-state index contributed by atoms with van der Waals surface area (Å²) in [6.07, 6.45) is 1.79. The Morgan fingerprint density at radius 3 is 2.52 bits per heavy atom. The van der Waals surface area contributed by atoms with Gasteiger partial charge in [0.25, 0.3) is 0 Å². The summed E-state index contributed by atoms with van der Waals surface area (Å²) in [5.74, 6) is -0.181. The van der Waals surface area contributed by atoms with Gasteiger partial charge in [-0.2, -0.15) is 0 Å². The summed E-state index contributed by atoms with van der Waals surface area (Å²) in [7, 11) is -3.41. The Hall–Kier alpha value is -2.05. The highest BCUT2D eigenvalue weighted by Crippen LogP contribution is 2.20. The zero-order valence-corrected chi connectivity index (χ0v) is 15.8. The molecule has 1 amide bonds. The molecule has 25 heavy (non-hydrogen) atoms. The molecule has 1 N–H and O–H groups in total. The third kappa shape index (κ3) is 6.07. The molecule has 0 radical (unpaired) electrons. The lowest BCUT2D eigenvalue weighted by Gasteiger charge is -2.22. The molecular weight excluding hydrogens is 360 g/mol. The predicted molar refractivity (Wildman–Crippen MR) is 103 cm³/mol. The van der Waals surface area contributed by atoms with Crippen LogP contribution in [-0.4, -0.2) is 27.1 Å². The monoisotopic (exact) mass is 380 g/mol. The van der Waals surface area contributed by atoms with E-state index < -0.39 is 10.0 Å². The minimum absolute atomic E-state index is 0.181. The molecule has 0 atom stereocenters. The summed E-state index contributed by atoms with van der Waals surface area (Å²) >= 11 is 5.88. The van der Waals surface area contributed by atoms with Crippen LogP contribution in [0.5, 0.6) is 0 Å². The second kappa shape index (κ2) is 8.36. The van der Waals surface area contributed by atoms with Crippen molar-refractivity contribution in [2.75, 3.05) is 22.4 Å². The van der Waals surface area contributed by atoms with Crippen LogP contribution in [0.1, 0.15) is 18.4 Å². The van der Waals surface area contributed by atoms with Gasteiger partial charge in [0.1, 0.15) is 0 Å². The van der Waals surface area contributed by atoms with Crippen molar-refractivity contribution < 1.29 is 13.2 Å². The number of carbonyl (C=O) groups excluding carboxylic acids is 1. The van der Waals surface area contributed by atoms with Gasteiger partial charge in [-0.05, 0) is 49.2 Å². The number of rotatable bonds is 7. The number of anilines is 2. The van der Waals surface area contributed by atoms with Crippen molar-refractivity contribution >= 4 is 38.9 Å². The highest BCUT2D eigenvalue weighted by molar-refractivity contribution is 7.92. The summed E-state index contributed by atoms with van der Waals surface area (Å²) in [5, 5.41) is 3.29. The minimum atomic E-state index is -3.41. The van der Waals surface area contributed by atoms with E-state index in [1.165, 1.54) is 10.6 Å². The highest BCUT2D eigenvalue weighted by Gasteiger charge is 2.17. The van der Waals surface area contributed by atoms with Crippen LogP contribution in [-0.2, 0) is 14.8 Å². The van der Waals surface area contributed by atoms with E-state index in [-0.39, 0.29) is 18.9 Å². The molecule has 0 bridgehead atoms. The average molecular weight is 381 g/mol. The third-order valence-corrected chi connectivity index (χ3v) is 4.99. The van der Waals surface area contributed by atoms with Gasteiger partial charge in [-0.15, -0.1) is 0 Å². The summed E-state index contributed by atoms with van der Waals surface area (Å²) in [6, 6.07) is 14.2. The van der Waals surface area contributed by atoms with Crippen molar-refractivity contribution in [1.82, 2.24) is 0 Å². The van der Waals surface area contributed by atoms with E-state index in [4.69, 9.17) is 11.6 Å². The summed E-state index contributed by atoms with van der Waals surface area (Å²) in [4.78, 5) is 12.0. The molecule has 2 aromatic carbocycles. The second-order valence-corrected chi connectivity index (χ2v) is 8.18. The minimum Gasteiger partial charge on any atom is -0.326 e. The van der Waals surface area contributed by atoms with Gasteiger partial charge in [-0.3, -0.25) is 9.10 Å². The molecule has 5 nitrogen and oxygen atoms in total. The molecule has 0 spiro atoms. The molecule has 0 aliphatic carbocycles.